The Hall–Kier alpha value is -1.97. The monoisotopic (exact) mass is 950 g/mol. The van der Waals surface area contributed by atoms with E-state index in [0.29, 0.717) is 23.9 Å². The van der Waals surface area contributed by atoms with E-state index >= 15 is 0 Å². The van der Waals surface area contributed by atoms with E-state index in [4.69, 9.17) is 18.9 Å². The van der Waals surface area contributed by atoms with Crippen molar-refractivity contribution < 1.29 is 42.9 Å². The number of ether oxygens (including phenoxy) is 4. The lowest BCUT2D eigenvalue weighted by Gasteiger charge is -2.26. The summed E-state index contributed by atoms with van der Waals surface area (Å²) in [5, 5.41) is 11.7. The third-order valence-corrected chi connectivity index (χ3v) is 13.0. The van der Waals surface area contributed by atoms with E-state index in [1.165, 1.54) is 199 Å². The highest BCUT2D eigenvalue weighted by Gasteiger charge is 2.22. The Morgan fingerprint density at radius 1 is 0.433 bits per heavy atom. The number of hydrogen-bond donors (Lipinski definition) is 0. The standard InChI is InChI=1S/C58H111NO8/c1-6-8-10-12-14-16-18-20-22-23-24-25-26-27-28-29-30-31-32-33-34-35-37-38-40-42-44-46-48-55(60)65-52-54(53-66-58(57(62)63)64-51-50-59(3,4)5)67-56(61)49-47-45-43-41-39-36-21-19-17-15-13-11-9-7-2/h19,21,54,58H,6-18,20,22-53H2,1-5H3/b21-19-. The van der Waals surface area contributed by atoms with Gasteiger partial charge < -0.3 is 33.3 Å². The number of nitrogens with zero attached hydrogens (tertiary/aromatic N) is 1. The number of likely N-dealkylation sites (N-methyl/N-ethyl adjacent to an activating group) is 1. The Balaban J connectivity index is 4.10. The van der Waals surface area contributed by atoms with Crippen LogP contribution in [-0.2, 0) is 33.3 Å². The first-order valence-corrected chi connectivity index (χ1v) is 28.8. The van der Waals surface area contributed by atoms with Crippen molar-refractivity contribution in [2.45, 2.75) is 296 Å². The van der Waals surface area contributed by atoms with Crippen LogP contribution in [-0.4, -0.2) is 82.3 Å². The summed E-state index contributed by atoms with van der Waals surface area (Å²) in [5.41, 5.74) is 0. The number of unbranched alkanes of at least 4 members (excludes halogenated alkanes) is 37. The van der Waals surface area contributed by atoms with Gasteiger partial charge in [0.25, 0.3) is 0 Å². The SMILES string of the molecule is CCCCCCC/C=C\CCCCCCCC(=O)OC(COC(=O)CCCCCCCCCCCCCCCCCCCCCCCCCCCCCC)COC(OCC[N+](C)(C)C)C(=O)[O-]. The molecule has 0 rings (SSSR count). The van der Waals surface area contributed by atoms with Crippen molar-refractivity contribution in [1.82, 2.24) is 0 Å². The van der Waals surface area contributed by atoms with Crippen molar-refractivity contribution in [3.8, 4) is 0 Å². The molecular weight excluding hydrogens is 839 g/mol. The van der Waals surface area contributed by atoms with Crippen molar-refractivity contribution in [3.63, 3.8) is 0 Å². The van der Waals surface area contributed by atoms with Crippen molar-refractivity contribution in [3.05, 3.63) is 12.2 Å². The first-order valence-electron chi connectivity index (χ1n) is 28.8. The molecule has 0 aliphatic carbocycles. The van der Waals surface area contributed by atoms with Crippen molar-refractivity contribution in [2.75, 3.05) is 47.5 Å². The molecule has 0 bridgehead atoms. The van der Waals surface area contributed by atoms with Gasteiger partial charge in [0.2, 0.25) is 0 Å². The second-order valence-electron chi connectivity index (χ2n) is 20.9. The summed E-state index contributed by atoms with van der Waals surface area (Å²) in [4.78, 5) is 37.2. The third kappa shape index (κ3) is 51.7. The molecule has 0 N–H and O–H groups in total. The van der Waals surface area contributed by atoms with Crippen LogP contribution < -0.4 is 5.11 Å². The van der Waals surface area contributed by atoms with Gasteiger partial charge in [0.15, 0.2) is 12.4 Å². The van der Waals surface area contributed by atoms with Gasteiger partial charge >= 0.3 is 11.9 Å². The Bertz CT molecular complexity index is 1110. The van der Waals surface area contributed by atoms with Crippen LogP contribution in [0.1, 0.15) is 284 Å². The number of carbonyl (C=O) groups excluding carboxylic acids is 3. The molecule has 0 heterocycles. The Labute approximate surface area is 415 Å². The smallest absolute Gasteiger partial charge is 0.306 e. The van der Waals surface area contributed by atoms with E-state index in [2.05, 4.69) is 26.0 Å². The molecule has 0 aromatic carbocycles. The second-order valence-corrected chi connectivity index (χ2v) is 20.9. The zero-order chi connectivity index (χ0) is 49.2. The Kier molecular flexibility index (Phi) is 48.9. The fraction of sp³-hybridized carbons (Fsp3) is 0.914. The van der Waals surface area contributed by atoms with Crippen LogP contribution >= 0.6 is 0 Å². The number of carboxylic acid groups (broad SMARTS) is 1. The number of carboxylic acids is 1. The molecule has 0 saturated heterocycles. The molecule has 9 heteroatoms. The summed E-state index contributed by atoms with van der Waals surface area (Å²) in [5.74, 6) is -2.27. The van der Waals surface area contributed by atoms with Gasteiger partial charge in [-0.3, -0.25) is 9.59 Å². The zero-order valence-corrected chi connectivity index (χ0v) is 45.0. The van der Waals surface area contributed by atoms with Crippen LogP contribution in [0.3, 0.4) is 0 Å². The van der Waals surface area contributed by atoms with Crippen LogP contribution in [0, 0.1) is 0 Å². The Morgan fingerprint density at radius 2 is 0.761 bits per heavy atom. The first-order chi connectivity index (χ1) is 32.6. The fourth-order valence-electron chi connectivity index (χ4n) is 8.53. The summed E-state index contributed by atoms with van der Waals surface area (Å²) in [7, 11) is 5.92. The third-order valence-electron chi connectivity index (χ3n) is 13.0. The molecule has 0 radical (unpaired) electrons. The van der Waals surface area contributed by atoms with Gasteiger partial charge in [-0.25, -0.2) is 0 Å². The average molecular weight is 951 g/mol. The summed E-state index contributed by atoms with van der Waals surface area (Å²) in [6, 6.07) is 0. The molecule has 0 aliphatic rings. The highest BCUT2D eigenvalue weighted by Crippen LogP contribution is 2.17. The number of rotatable bonds is 54. The van der Waals surface area contributed by atoms with Crippen molar-refractivity contribution >= 4 is 17.9 Å². The van der Waals surface area contributed by atoms with E-state index in [1.54, 1.807) is 0 Å². The highest BCUT2D eigenvalue weighted by atomic mass is 16.7. The van der Waals surface area contributed by atoms with Gasteiger partial charge in [-0.15, -0.1) is 0 Å². The highest BCUT2D eigenvalue weighted by molar-refractivity contribution is 5.70. The number of quaternary nitrogens is 1. The molecule has 0 fully saturated rings. The van der Waals surface area contributed by atoms with Crippen LogP contribution in [0.2, 0.25) is 0 Å². The minimum atomic E-state index is -1.62. The number of carbonyl (C=O) groups is 3. The molecule has 0 spiro atoms. The topological polar surface area (TPSA) is 111 Å². The van der Waals surface area contributed by atoms with E-state index in [9.17, 15) is 19.5 Å². The quantitative estimate of drug-likeness (QED) is 0.0195. The summed E-state index contributed by atoms with van der Waals surface area (Å²) in [6.45, 7) is 4.77. The average Bonchev–Trinajstić information content (AvgIpc) is 3.29. The molecule has 0 aromatic rings. The Morgan fingerprint density at radius 3 is 1.10 bits per heavy atom. The van der Waals surface area contributed by atoms with Gasteiger partial charge in [-0.2, -0.15) is 0 Å². The maximum atomic E-state index is 12.8. The van der Waals surface area contributed by atoms with Crippen LogP contribution in [0.4, 0.5) is 0 Å². The van der Waals surface area contributed by atoms with E-state index in [1.807, 2.05) is 21.1 Å². The molecule has 396 valence electrons. The number of esters is 2. The molecule has 0 aromatic heterocycles. The van der Waals surface area contributed by atoms with Crippen molar-refractivity contribution in [2.24, 2.45) is 0 Å². The minimum Gasteiger partial charge on any atom is -0.545 e. The normalized spacial score (nSPS) is 12.8. The lowest BCUT2D eigenvalue weighted by atomic mass is 10.0. The summed E-state index contributed by atoms with van der Waals surface area (Å²) >= 11 is 0. The molecule has 2 unspecified atom stereocenters. The number of hydrogen-bond acceptors (Lipinski definition) is 8. The van der Waals surface area contributed by atoms with Gasteiger partial charge in [-0.1, -0.05) is 244 Å². The van der Waals surface area contributed by atoms with Crippen LogP contribution in [0.5, 0.6) is 0 Å². The lowest BCUT2D eigenvalue weighted by Crippen LogP contribution is -2.44. The predicted molar refractivity (Wildman–Crippen MR) is 279 cm³/mol. The molecule has 2 atom stereocenters. The maximum absolute atomic E-state index is 12.8. The fourth-order valence-corrected chi connectivity index (χ4v) is 8.53. The number of allylic oxidation sites excluding steroid dienone is 2. The zero-order valence-electron chi connectivity index (χ0n) is 45.0. The van der Waals surface area contributed by atoms with Crippen LogP contribution in [0.25, 0.3) is 0 Å². The number of aliphatic carboxylic acids is 1. The van der Waals surface area contributed by atoms with E-state index in [0.717, 1.165) is 51.4 Å². The van der Waals surface area contributed by atoms with Crippen molar-refractivity contribution in [1.29, 1.82) is 0 Å². The molecule has 67 heavy (non-hydrogen) atoms. The molecule has 0 aliphatic heterocycles. The molecule has 9 nitrogen and oxygen atoms in total. The lowest BCUT2D eigenvalue weighted by molar-refractivity contribution is -0.870. The van der Waals surface area contributed by atoms with E-state index < -0.39 is 24.3 Å². The maximum Gasteiger partial charge on any atom is 0.306 e. The molecule has 0 saturated carbocycles. The molecule has 0 amide bonds. The first kappa shape index (κ1) is 65.0. The van der Waals surface area contributed by atoms with Gasteiger partial charge in [0, 0.05) is 12.8 Å². The summed E-state index contributed by atoms with van der Waals surface area (Å²) < 4.78 is 22.7. The largest absolute Gasteiger partial charge is 0.545 e. The predicted octanol–water partition coefficient (Wildman–Crippen LogP) is 15.2. The molecular formula is C58H111NO8. The van der Waals surface area contributed by atoms with E-state index in [-0.39, 0.29) is 32.2 Å². The van der Waals surface area contributed by atoms with Gasteiger partial charge in [0.05, 0.1) is 40.3 Å². The van der Waals surface area contributed by atoms with Gasteiger partial charge in [-0.05, 0) is 38.5 Å². The second kappa shape index (κ2) is 50.4. The summed E-state index contributed by atoms with van der Waals surface area (Å²) in [6.07, 6.45) is 54.2. The van der Waals surface area contributed by atoms with Gasteiger partial charge in [0.1, 0.15) is 13.2 Å². The minimum absolute atomic E-state index is 0.149. The van der Waals surface area contributed by atoms with Crippen LogP contribution in [0.15, 0.2) is 12.2 Å².